The van der Waals surface area contributed by atoms with Gasteiger partial charge in [-0.2, -0.15) is 0 Å². The molecule has 0 fully saturated rings. The monoisotopic (exact) mass is 286 g/mol. The fraction of sp³-hybridized carbons (Fsp3) is 0.176. The summed E-state index contributed by atoms with van der Waals surface area (Å²) in [5.41, 5.74) is 3.59. The summed E-state index contributed by atoms with van der Waals surface area (Å²) < 4.78 is 5.74. The van der Waals surface area contributed by atoms with Crippen molar-refractivity contribution < 1.29 is 9.52 Å². The van der Waals surface area contributed by atoms with Crippen molar-refractivity contribution in [1.29, 1.82) is 0 Å². The van der Waals surface area contributed by atoms with Crippen LogP contribution < -0.4 is 0 Å². The number of fused-ring (bicyclic) bond motifs is 1. The van der Waals surface area contributed by atoms with Crippen LogP contribution in [0, 0.1) is 13.8 Å². The van der Waals surface area contributed by atoms with Crippen LogP contribution in [-0.4, -0.2) is 5.11 Å². The first-order valence-corrected chi connectivity index (χ1v) is 6.87. The van der Waals surface area contributed by atoms with E-state index in [1.54, 1.807) is 0 Å². The average molecular weight is 287 g/mol. The molecule has 102 valence electrons. The second kappa shape index (κ2) is 4.97. The van der Waals surface area contributed by atoms with Crippen LogP contribution in [0.5, 0.6) is 0 Å². The van der Waals surface area contributed by atoms with Gasteiger partial charge in [0.15, 0.2) is 0 Å². The Kier molecular flexibility index (Phi) is 3.28. The molecular formula is C17H15ClO2. The lowest BCUT2D eigenvalue weighted by Crippen LogP contribution is -2.00. The Hall–Kier alpha value is -1.77. The van der Waals surface area contributed by atoms with E-state index in [2.05, 4.69) is 0 Å². The average Bonchev–Trinajstić information content (AvgIpc) is 2.84. The van der Waals surface area contributed by atoms with E-state index in [0.717, 1.165) is 22.1 Å². The van der Waals surface area contributed by atoms with Crippen LogP contribution in [0.15, 0.2) is 46.9 Å². The van der Waals surface area contributed by atoms with E-state index in [9.17, 15) is 5.11 Å². The zero-order valence-corrected chi connectivity index (χ0v) is 12.1. The predicted molar refractivity (Wildman–Crippen MR) is 81.2 cm³/mol. The van der Waals surface area contributed by atoms with Crippen molar-refractivity contribution in [1.82, 2.24) is 0 Å². The summed E-state index contributed by atoms with van der Waals surface area (Å²) in [4.78, 5) is 0. The number of hydrogen-bond donors (Lipinski definition) is 1. The smallest absolute Gasteiger partial charge is 0.138 e. The fourth-order valence-corrected chi connectivity index (χ4v) is 2.57. The van der Waals surface area contributed by atoms with Gasteiger partial charge in [-0.3, -0.25) is 0 Å². The molecule has 1 unspecified atom stereocenters. The lowest BCUT2D eigenvalue weighted by atomic mass is 10.0. The van der Waals surface area contributed by atoms with Gasteiger partial charge in [0, 0.05) is 10.4 Å². The summed E-state index contributed by atoms with van der Waals surface area (Å²) in [5, 5.41) is 12.2. The summed E-state index contributed by atoms with van der Waals surface area (Å²) in [7, 11) is 0. The Balaban J connectivity index is 2.08. The van der Waals surface area contributed by atoms with Crippen LogP contribution in [0.25, 0.3) is 11.0 Å². The predicted octanol–water partition coefficient (Wildman–Crippen LogP) is 4.78. The van der Waals surface area contributed by atoms with E-state index < -0.39 is 6.10 Å². The molecule has 0 saturated heterocycles. The van der Waals surface area contributed by atoms with Crippen molar-refractivity contribution in [2.24, 2.45) is 0 Å². The number of hydrogen-bond acceptors (Lipinski definition) is 2. The molecule has 0 aliphatic rings. The fourth-order valence-electron chi connectivity index (χ4n) is 2.39. The van der Waals surface area contributed by atoms with Gasteiger partial charge < -0.3 is 9.52 Å². The van der Waals surface area contributed by atoms with Crippen molar-refractivity contribution in [2.75, 3.05) is 0 Å². The van der Waals surface area contributed by atoms with Crippen LogP contribution in [0.1, 0.15) is 28.6 Å². The Labute approximate surface area is 122 Å². The highest BCUT2D eigenvalue weighted by Gasteiger charge is 2.18. The van der Waals surface area contributed by atoms with Gasteiger partial charge >= 0.3 is 0 Å². The molecule has 1 atom stereocenters. The second-order valence-corrected chi connectivity index (χ2v) is 5.45. The number of halogens is 1. The number of furan rings is 1. The lowest BCUT2D eigenvalue weighted by Gasteiger charge is -2.12. The topological polar surface area (TPSA) is 33.4 Å². The Morgan fingerprint density at radius 3 is 2.70 bits per heavy atom. The number of aryl methyl sites for hydroxylation is 1. The molecule has 0 aliphatic carbocycles. The molecule has 0 aliphatic heterocycles. The van der Waals surface area contributed by atoms with Gasteiger partial charge in [0.05, 0.1) is 0 Å². The van der Waals surface area contributed by atoms with Crippen LogP contribution >= 0.6 is 11.6 Å². The summed E-state index contributed by atoms with van der Waals surface area (Å²) in [6.45, 7) is 3.93. The van der Waals surface area contributed by atoms with Gasteiger partial charge in [-0.1, -0.05) is 35.4 Å². The van der Waals surface area contributed by atoms with Crippen LogP contribution in [0.2, 0.25) is 5.02 Å². The standard InChI is InChI=1S/C17H15ClO2/c1-10-6-7-15-12(8-10)9-16(20-15)17(19)13-4-3-5-14(18)11(13)2/h3-9,17,19H,1-2H3. The normalized spacial score (nSPS) is 12.8. The van der Waals surface area contributed by atoms with E-state index >= 15 is 0 Å². The quantitative estimate of drug-likeness (QED) is 0.735. The zero-order chi connectivity index (χ0) is 14.3. The van der Waals surface area contributed by atoms with Gasteiger partial charge in [-0.15, -0.1) is 0 Å². The van der Waals surface area contributed by atoms with Gasteiger partial charge in [0.2, 0.25) is 0 Å². The summed E-state index contributed by atoms with van der Waals surface area (Å²) in [6, 6.07) is 13.4. The van der Waals surface area contributed by atoms with Crippen molar-refractivity contribution in [2.45, 2.75) is 20.0 Å². The molecule has 0 spiro atoms. The van der Waals surface area contributed by atoms with Crippen molar-refractivity contribution in [3.8, 4) is 0 Å². The van der Waals surface area contributed by atoms with E-state index in [1.165, 1.54) is 5.56 Å². The molecule has 0 amide bonds. The maximum Gasteiger partial charge on any atom is 0.138 e. The third-order valence-electron chi connectivity index (χ3n) is 3.56. The van der Waals surface area contributed by atoms with E-state index in [4.69, 9.17) is 16.0 Å². The molecule has 0 bridgehead atoms. The molecule has 3 aromatic rings. The Morgan fingerprint density at radius 2 is 1.90 bits per heavy atom. The van der Waals surface area contributed by atoms with Gasteiger partial charge in [0.25, 0.3) is 0 Å². The zero-order valence-electron chi connectivity index (χ0n) is 11.4. The highest BCUT2D eigenvalue weighted by Crippen LogP contribution is 2.32. The Morgan fingerprint density at radius 1 is 1.10 bits per heavy atom. The first-order chi connectivity index (χ1) is 9.56. The second-order valence-electron chi connectivity index (χ2n) is 5.05. The number of aliphatic hydroxyl groups is 1. The van der Waals surface area contributed by atoms with Crippen LogP contribution in [0.3, 0.4) is 0 Å². The summed E-state index contributed by atoms with van der Waals surface area (Å²) >= 11 is 6.10. The maximum absolute atomic E-state index is 10.5. The first kappa shape index (κ1) is 13.2. The molecule has 2 aromatic carbocycles. The molecule has 0 saturated carbocycles. The van der Waals surface area contributed by atoms with Crippen molar-refractivity contribution in [3.63, 3.8) is 0 Å². The molecule has 1 aromatic heterocycles. The minimum Gasteiger partial charge on any atom is -0.458 e. The number of benzene rings is 2. The highest BCUT2D eigenvalue weighted by molar-refractivity contribution is 6.31. The van der Waals surface area contributed by atoms with Gasteiger partial charge in [-0.05, 0) is 49.2 Å². The summed E-state index contributed by atoms with van der Waals surface area (Å²) in [6.07, 6.45) is -0.804. The van der Waals surface area contributed by atoms with Crippen LogP contribution in [-0.2, 0) is 0 Å². The largest absolute Gasteiger partial charge is 0.458 e. The third-order valence-corrected chi connectivity index (χ3v) is 3.97. The number of rotatable bonds is 2. The van der Waals surface area contributed by atoms with Gasteiger partial charge in [0.1, 0.15) is 17.4 Å². The molecular weight excluding hydrogens is 272 g/mol. The Bertz CT molecular complexity index is 774. The molecule has 20 heavy (non-hydrogen) atoms. The van der Waals surface area contributed by atoms with E-state index in [1.807, 2.05) is 56.3 Å². The number of aliphatic hydroxyl groups excluding tert-OH is 1. The molecule has 2 nitrogen and oxygen atoms in total. The van der Waals surface area contributed by atoms with Gasteiger partial charge in [-0.25, -0.2) is 0 Å². The summed E-state index contributed by atoms with van der Waals surface area (Å²) in [5.74, 6) is 0.538. The van der Waals surface area contributed by atoms with E-state index in [-0.39, 0.29) is 0 Å². The van der Waals surface area contributed by atoms with Crippen molar-refractivity contribution >= 4 is 22.6 Å². The van der Waals surface area contributed by atoms with Crippen LogP contribution in [0.4, 0.5) is 0 Å². The third kappa shape index (κ3) is 2.21. The molecule has 0 radical (unpaired) electrons. The maximum atomic E-state index is 10.5. The highest BCUT2D eigenvalue weighted by atomic mass is 35.5. The molecule has 1 heterocycles. The SMILES string of the molecule is Cc1ccc2oc(C(O)c3cccc(Cl)c3C)cc2c1. The molecule has 3 heteroatoms. The molecule has 1 N–H and O–H groups in total. The van der Waals surface area contributed by atoms with E-state index in [0.29, 0.717) is 10.8 Å². The lowest BCUT2D eigenvalue weighted by molar-refractivity contribution is 0.191. The molecule has 3 rings (SSSR count). The van der Waals surface area contributed by atoms with Crippen molar-refractivity contribution in [3.05, 3.63) is 69.9 Å². The minimum atomic E-state index is -0.804. The first-order valence-electron chi connectivity index (χ1n) is 6.49. The minimum absolute atomic E-state index is 0.538.